The molecule has 4 rings (SSSR count). The number of fused-ring (bicyclic) bond motifs is 1. The number of benzene rings is 1. The molecule has 1 aromatic carbocycles. The molecule has 1 N–H and O–H groups in total. The maximum atomic E-state index is 11.7. The highest BCUT2D eigenvalue weighted by Gasteiger charge is 2.41. The van der Waals surface area contributed by atoms with E-state index in [1.54, 1.807) is 0 Å². The number of nitrogens with one attached hydrogen (secondary N) is 1. The molecule has 0 saturated carbocycles. The minimum Gasteiger partial charge on any atom is -0.371 e. The highest BCUT2D eigenvalue weighted by Crippen LogP contribution is 2.42. The van der Waals surface area contributed by atoms with Gasteiger partial charge in [0.2, 0.25) is 11.8 Å². The average molecular weight is 309 g/mol. The van der Waals surface area contributed by atoms with Crippen LogP contribution in [0.5, 0.6) is 0 Å². The van der Waals surface area contributed by atoms with Crippen LogP contribution in [-0.2, 0) is 9.59 Å². The van der Waals surface area contributed by atoms with Gasteiger partial charge in [-0.15, -0.1) is 0 Å². The summed E-state index contributed by atoms with van der Waals surface area (Å²) >= 11 is 0. The van der Waals surface area contributed by atoms with E-state index in [9.17, 15) is 9.59 Å². The van der Waals surface area contributed by atoms with Crippen molar-refractivity contribution in [2.75, 3.05) is 18.0 Å². The molecule has 2 amide bonds. The lowest BCUT2D eigenvalue weighted by atomic mass is 9.71. The second-order valence-corrected chi connectivity index (χ2v) is 6.69. The maximum Gasteiger partial charge on any atom is 0.227 e. The first-order chi connectivity index (χ1) is 11.2. The van der Waals surface area contributed by atoms with E-state index in [-0.39, 0.29) is 17.2 Å². The minimum atomic E-state index is -0.137. The maximum absolute atomic E-state index is 11.7. The molecule has 2 aliphatic rings. The van der Waals surface area contributed by atoms with Crippen molar-refractivity contribution in [2.24, 2.45) is 5.41 Å². The van der Waals surface area contributed by atoms with E-state index in [1.165, 1.54) is 11.1 Å². The van der Waals surface area contributed by atoms with E-state index < -0.39 is 0 Å². The Morgan fingerprint density at radius 2 is 1.78 bits per heavy atom. The molecule has 0 aliphatic carbocycles. The molecule has 118 valence electrons. The van der Waals surface area contributed by atoms with Gasteiger partial charge in [0.05, 0.1) is 0 Å². The van der Waals surface area contributed by atoms with Crippen molar-refractivity contribution < 1.29 is 9.59 Å². The highest BCUT2D eigenvalue weighted by molar-refractivity contribution is 5.98. The summed E-state index contributed by atoms with van der Waals surface area (Å²) in [5.74, 6) is -0.239. The van der Waals surface area contributed by atoms with Crippen molar-refractivity contribution in [3.63, 3.8) is 0 Å². The second-order valence-electron chi connectivity index (χ2n) is 6.69. The number of rotatable bonds is 1. The SMILES string of the molecule is O=C1CC2(CCN(c3cccc4cnccc34)CC2)CC(=O)N1. The Hall–Kier alpha value is -2.43. The Labute approximate surface area is 134 Å². The molecule has 0 unspecified atom stereocenters. The standard InChI is InChI=1S/C18H19N3O2/c22-16-10-18(11-17(23)20-16)5-8-21(9-6-18)15-3-1-2-13-12-19-7-4-14(13)15/h1-4,7,12H,5-6,8-11H2,(H,20,22,23). The molecule has 2 fully saturated rings. The second kappa shape index (κ2) is 5.33. The predicted molar refractivity (Wildman–Crippen MR) is 88.0 cm³/mol. The van der Waals surface area contributed by atoms with Crippen LogP contribution in [0, 0.1) is 5.41 Å². The van der Waals surface area contributed by atoms with Gasteiger partial charge in [-0.1, -0.05) is 12.1 Å². The molecule has 1 aromatic heterocycles. The number of nitrogens with zero attached hydrogens (tertiary/aromatic N) is 2. The van der Waals surface area contributed by atoms with Gasteiger partial charge in [0, 0.05) is 54.8 Å². The van der Waals surface area contributed by atoms with Crippen molar-refractivity contribution in [3.05, 3.63) is 36.7 Å². The zero-order valence-electron chi connectivity index (χ0n) is 12.9. The Morgan fingerprint density at radius 1 is 1.04 bits per heavy atom. The molecule has 0 bridgehead atoms. The molecule has 2 aliphatic heterocycles. The summed E-state index contributed by atoms with van der Waals surface area (Å²) in [5.41, 5.74) is 1.08. The number of hydrogen-bond donors (Lipinski definition) is 1. The van der Waals surface area contributed by atoms with Gasteiger partial charge in [-0.05, 0) is 30.4 Å². The summed E-state index contributed by atoms with van der Waals surface area (Å²) in [6.07, 6.45) is 6.43. The molecule has 5 nitrogen and oxygen atoms in total. The number of aromatic nitrogens is 1. The van der Waals surface area contributed by atoms with Crippen molar-refractivity contribution in [1.29, 1.82) is 0 Å². The van der Waals surface area contributed by atoms with Gasteiger partial charge in [-0.25, -0.2) is 0 Å². The molecule has 23 heavy (non-hydrogen) atoms. The molecule has 0 atom stereocenters. The van der Waals surface area contributed by atoms with E-state index in [2.05, 4.69) is 33.4 Å². The quantitative estimate of drug-likeness (QED) is 0.821. The van der Waals surface area contributed by atoms with Gasteiger partial charge in [0.1, 0.15) is 0 Å². The molecule has 2 aromatic rings. The van der Waals surface area contributed by atoms with Crippen molar-refractivity contribution in [1.82, 2.24) is 10.3 Å². The van der Waals surface area contributed by atoms with E-state index in [4.69, 9.17) is 0 Å². The van der Waals surface area contributed by atoms with E-state index in [0.29, 0.717) is 12.8 Å². The van der Waals surface area contributed by atoms with Crippen molar-refractivity contribution in [2.45, 2.75) is 25.7 Å². The van der Waals surface area contributed by atoms with Crippen LogP contribution in [0.3, 0.4) is 0 Å². The number of amides is 2. The van der Waals surface area contributed by atoms with Crippen LogP contribution < -0.4 is 10.2 Å². The van der Waals surface area contributed by atoms with Gasteiger partial charge in [0.25, 0.3) is 0 Å². The van der Waals surface area contributed by atoms with Crippen LogP contribution in [0.15, 0.2) is 36.7 Å². The number of pyridine rings is 1. The summed E-state index contributed by atoms with van der Waals surface area (Å²) < 4.78 is 0. The van der Waals surface area contributed by atoms with Crippen LogP contribution in [0.1, 0.15) is 25.7 Å². The first-order valence-corrected chi connectivity index (χ1v) is 8.06. The number of imide groups is 1. The third-order valence-electron chi connectivity index (χ3n) is 5.17. The number of carbonyl (C=O) groups is 2. The molecule has 5 heteroatoms. The highest BCUT2D eigenvalue weighted by atomic mass is 16.2. The lowest BCUT2D eigenvalue weighted by Gasteiger charge is -2.44. The lowest BCUT2D eigenvalue weighted by Crippen LogP contribution is -2.50. The summed E-state index contributed by atoms with van der Waals surface area (Å²) in [6, 6.07) is 8.31. The number of carbonyl (C=O) groups excluding carboxylic acids is 2. The predicted octanol–water partition coefficient (Wildman–Crippen LogP) is 2.26. The Balaban J connectivity index is 1.57. The van der Waals surface area contributed by atoms with Gasteiger partial charge in [-0.2, -0.15) is 0 Å². The molecule has 3 heterocycles. The zero-order valence-corrected chi connectivity index (χ0v) is 12.9. The normalized spacial score (nSPS) is 20.8. The summed E-state index contributed by atoms with van der Waals surface area (Å²) in [4.78, 5) is 30.0. The Morgan fingerprint density at radius 3 is 2.52 bits per heavy atom. The van der Waals surface area contributed by atoms with Crippen LogP contribution in [-0.4, -0.2) is 29.9 Å². The minimum absolute atomic E-state index is 0.120. The fourth-order valence-corrected chi connectivity index (χ4v) is 3.94. The summed E-state index contributed by atoms with van der Waals surface area (Å²) in [7, 11) is 0. The Bertz CT molecular complexity index is 755. The van der Waals surface area contributed by atoms with E-state index in [0.717, 1.165) is 31.3 Å². The largest absolute Gasteiger partial charge is 0.371 e. The van der Waals surface area contributed by atoms with Gasteiger partial charge in [0.15, 0.2) is 0 Å². The summed E-state index contributed by atoms with van der Waals surface area (Å²) in [6.45, 7) is 1.75. The number of piperidine rings is 2. The number of anilines is 1. The molecular formula is C18H19N3O2. The molecule has 0 radical (unpaired) electrons. The van der Waals surface area contributed by atoms with Crippen molar-refractivity contribution in [3.8, 4) is 0 Å². The first kappa shape index (κ1) is 14.2. The van der Waals surface area contributed by atoms with Crippen LogP contribution in [0.4, 0.5) is 5.69 Å². The Kier molecular flexibility index (Phi) is 3.29. The van der Waals surface area contributed by atoms with Gasteiger partial charge >= 0.3 is 0 Å². The third kappa shape index (κ3) is 2.56. The lowest BCUT2D eigenvalue weighted by molar-refractivity contribution is -0.138. The zero-order chi connectivity index (χ0) is 15.9. The topological polar surface area (TPSA) is 62.3 Å². The van der Waals surface area contributed by atoms with Crippen LogP contribution in [0.25, 0.3) is 10.8 Å². The molecule has 1 spiro atoms. The van der Waals surface area contributed by atoms with E-state index in [1.807, 2.05) is 18.5 Å². The third-order valence-corrected chi connectivity index (χ3v) is 5.17. The van der Waals surface area contributed by atoms with Crippen LogP contribution >= 0.6 is 0 Å². The van der Waals surface area contributed by atoms with Crippen LogP contribution in [0.2, 0.25) is 0 Å². The summed E-state index contributed by atoms with van der Waals surface area (Å²) in [5, 5.41) is 4.76. The average Bonchev–Trinajstić information content (AvgIpc) is 2.54. The fraction of sp³-hybridized carbons (Fsp3) is 0.389. The molecule has 2 saturated heterocycles. The number of hydrogen-bond acceptors (Lipinski definition) is 4. The van der Waals surface area contributed by atoms with Crippen molar-refractivity contribution >= 4 is 28.3 Å². The smallest absolute Gasteiger partial charge is 0.227 e. The molecular weight excluding hydrogens is 290 g/mol. The van der Waals surface area contributed by atoms with Gasteiger partial charge < -0.3 is 4.90 Å². The fourth-order valence-electron chi connectivity index (χ4n) is 3.94. The monoisotopic (exact) mass is 309 g/mol. The van der Waals surface area contributed by atoms with E-state index >= 15 is 0 Å². The first-order valence-electron chi connectivity index (χ1n) is 8.06. The van der Waals surface area contributed by atoms with Gasteiger partial charge in [-0.3, -0.25) is 19.9 Å².